The van der Waals surface area contributed by atoms with Crippen LogP contribution in [0, 0.1) is 0 Å². The van der Waals surface area contributed by atoms with Gasteiger partial charge in [0, 0.05) is 0 Å². The molecule has 0 atom stereocenters. The maximum Gasteiger partial charge on any atom is 0.419 e. The van der Waals surface area contributed by atoms with Crippen LogP contribution < -0.4 is 5.63 Å². The number of rotatable bonds is 1. The Morgan fingerprint density at radius 2 is 2.08 bits per heavy atom. The van der Waals surface area contributed by atoms with E-state index in [1.807, 2.05) is 0 Å². The van der Waals surface area contributed by atoms with Crippen molar-refractivity contribution in [1.82, 2.24) is 0 Å². The standard InChI is InChI=1S/C7H4ClF3O2/c8-2-4-1-5(7(9,10)11)3-13-6(4)12/h1,3H,2H2. The molecule has 1 rings (SSSR count). The quantitative estimate of drug-likeness (QED) is 0.669. The molecule has 6 heteroatoms. The lowest BCUT2D eigenvalue weighted by Crippen LogP contribution is -2.11. The molecule has 0 saturated carbocycles. The molecule has 0 unspecified atom stereocenters. The first-order valence-electron chi connectivity index (χ1n) is 3.20. The molecule has 1 aromatic rings. The minimum Gasteiger partial charge on any atom is -0.430 e. The zero-order chi connectivity index (χ0) is 10.1. The van der Waals surface area contributed by atoms with E-state index >= 15 is 0 Å². The average Bonchev–Trinajstić information content (AvgIpc) is 2.03. The van der Waals surface area contributed by atoms with Crippen LogP contribution in [0.3, 0.4) is 0 Å². The number of hydrogen-bond acceptors (Lipinski definition) is 2. The van der Waals surface area contributed by atoms with Gasteiger partial charge in [0.25, 0.3) is 0 Å². The first-order valence-corrected chi connectivity index (χ1v) is 3.73. The van der Waals surface area contributed by atoms with Crippen LogP contribution in [0.25, 0.3) is 0 Å². The van der Waals surface area contributed by atoms with E-state index in [0.717, 1.165) is 0 Å². The highest BCUT2D eigenvalue weighted by Crippen LogP contribution is 2.28. The molecular weight excluding hydrogens is 209 g/mol. The van der Waals surface area contributed by atoms with Crippen molar-refractivity contribution in [3.05, 3.63) is 33.9 Å². The third-order valence-corrected chi connectivity index (χ3v) is 1.64. The number of hydrogen-bond donors (Lipinski definition) is 0. The Labute approximate surface area is 75.9 Å². The summed E-state index contributed by atoms with van der Waals surface area (Å²) >= 11 is 5.23. The highest BCUT2D eigenvalue weighted by molar-refractivity contribution is 6.17. The summed E-state index contributed by atoms with van der Waals surface area (Å²) in [6.45, 7) is 0. The van der Waals surface area contributed by atoms with Gasteiger partial charge in [-0.3, -0.25) is 0 Å². The van der Waals surface area contributed by atoms with E-state index in [4.69, 9.17) is 11.6 Å². The molecule has 0 aromatic carbocycles. The Balaban J connectivity index is 3.22. The maximum absolute atomic E-state index is 12.0. The molecule has 72 valence electrons. The van der Waals surface area contributed by atoms with Crippen LogP contribution in [0.5, 0.6) is 0 Å². The van der Waals surface area contributed by atoms with E-state index in [1.54, 1.807) is 0 Å². The summed E-state index contributed by atoms with van der Waals surface area (Å²) < 4.78 is 40.2. The highest BCUT2D eigenvalue weighted by Gasteiger charge is 2.32. The zero-order valence-electron chi connectivity index (χ0n) is 6.19. The molecule has 0 N–H and O–H groups in total. The van der Waals surface area contributed by atoms with Crippen LogP contribution in [0.4, 0.5) is 13.2 Å². The van der Waals surface area contributed by atoms with Gasteiger partial charge < -0.3 is 4.42 Å². The fourth-order valence-electron chi connectivity index (χ4n) is 0.715. The first-order chi connectivity index (χ1) is 5.95. The van der Waals surface area contributed by atoms with Crippen LogP contribution >= 0.6 is 11.6 Å². The maximum atomic E-state index is 12.0. The summed E-state index contributed by atoms with van der Waals surface area (Å²) in [7, 11) is 0. The SMILES string of the molecule is O=c1occ(C(F)(F)F)cc1CCl. The molecule has 0 fully saturated rings. The lowest BCUT2D eigenvalue weighted by Gasteiger charge is -2.05. The van der Waals surface area contributed by atoms with E-state index in [1.165, 1.54) is 0 Å². The molecular formula is C7H4ClF3O2. The Morgan fingerprint density at radius 1 is 1.46 bits per heavy atom. The van der Waals surface area contributed by atoms with E-state index in [2.05, 4.69) is 4.42 Å². The van der Waals surface area contributed by atoms with Crippen molar-refractivity contribution >= 4 is 11.6 Å². The van der Waals surface area contributed by atoms with Crippen molar-refractivity contribution in [2.75, 3.05) is 0 Å². The summed E-state index contributed by atoms with van der Waals surface area (Å²) in [4.78, 5) is 10.7. The van der Waals surface area contributed by atoms with Gasteiger partial charge in [-0.05, 0) is 6.07 Å². The Hall–Kier alpha value is -0.970. The minimum absolute atomic E-state index is 0.198. The summed E-state index contributed by atoms with van der Waals surface area (Å²) in [6.07, 6.45) is -4.14. The van der Waals surface area contributed by atoms with Gasteiger partial charge in [0.2, 0.25) is 0 Å². The van der Waals surface area contributed by atoms with Crippen molar-refractivity contribution in [1.29, 1.82) is 0 Å². The van der Waals surface area contributed by atoms with Gasteiger partial charge in [-0.2, -0.15) is 13.2 Å². The van der Waals surface area contributed by atoms with Crippen molar-refractivity contribution < 1.29 is 17.6 Å². The van der Waals surface area contributed by atoms with Crippen LogP contribution in [0.1, 0.15) is 11.1 Å². The van der Waals surface area contributed by atoms with Gasteiger partial charge >= 0.3 is 11.8 Å². The second-order valence-electron chi connectivity index (χ2n) is 2.28. The summed E-state index contributed by atoms with van der Waals surface area (Å²) in [6, 6.07) is 0.679. The number of alkyl halides is 4. The van der Waals surface area contributed by atoms with Crippen LogP contribution in [0.2, 0.25) is 0 Å². The van der Waals surface area contributed by atoms with Crippen molar-refractivity contribution in [3.63, 3.8) is 0 Å². The second-order valence-corrected chi connectivity index (χ2v) is 2.55. The monoisotopic (exact) mass is 212 g/mol. The van der Waals surface area contributed by atoms with E-state index < -0.39 is 17.4 Å². The molecule has 0 aliphatic heterocycles. The number of halogens is 4. The molecule has 1 heterocycles. The minimum atomic E-state index is -4.52. The van der Waals surface area contributed by atoms with Crippen LogP contribution in [-0.2, 0) is 12.1 Å². The first kappa shape index (κ1) is 10.1. The Kier molecular flexibility index (Phi) is 2.66. The fourth-order valence-corrected chi connectivity index (χ4v) is 0.901. The van der Waals surface area contributed by atoms with Gasteiger partial charge in [0.05, 0.1) is 17.0 Å². The van der Waals surface area contributed by atoms with Gasteiger partial charge in [-0.15, -0.1) is 11.6 Å². The van der Waals surface area contributed by atoms with Crippen molar-refractivity contribution in [2.45, 2.75) is 12.1 Å². The molecule has 0 spiro atoms. The second kappa shape index (κ2) is 3.41. The predicted octanol–water partition coefficient (Wildman–Crippen LogP) is 2.40. The van der Waals surface area contributed by atoms with Crippen molar-refractivity contribution in [3.8, 4) is 0 Å². The predicted molar refractivity (Wildman–Crippen MR) is 39.5 cm³/mol. The molecule has 0 bridgehead atoms. The summed E-state index contributed by atoms with van der Waals surface area (Å²) in [5.41, 5.74) is -2.05. The summed E-state index contributed by atoms with van der Waals surface area (Å²) in [5.74, 6) is -0.299. The normalized spacial score (nSPS) is 11.7. The molecule has 0 amide bonds. The molecule has 0 radical (unpaired) electrons. The highest BCUT2D eigenvalue weighted by atomic mass is 35.5. The fraction of sp³-hybridized carbons (Fsp3) is 0.286. The molecule has 0 aliphatic carbocycles. The molecule has 1 aromatic heterocycles. The van der Waals surface area contributed by atoms with E-state index in [-0.39, 0.29) is 11.4 Å². The lowest BCUT2D eigenvalue weighted by molar-refractivity contribution is -0.138. The smallest absolute Gasteiger partial charge is 0.419 e. The van der Waals surface area contributed by atoms with Crippen molar-refractivity contribution in [2.24, 2.45) is 0 Å². The van der Waals surface area contributed by atoms with E-state index in [9.17, 15) is 18.0 Å². The van der Waals surface area contributed by atoms with Gasteiger partial charge in [-0.1, -0.05) is 0 Å². The third-order valence-electron chi connectivity index (χ3n) is 1.36. The molecule has 0 saturated heterocycles. The topological polar surface area (TPSA) is 30.2 Å². The molecule has 2 nitrogen and oxygen atoms in total. The molecule has 13 heavy (non-hydrogen) atoms. The van der Waals surface area contributed by atoms with Gasteiger partial charge in [0.1, 0.15) is 6.26 Å². The van der Waals surface area contributed by atoms with E-state index in [0.29, 0.717) is 12.3 Å². The van der Waals surface area contributed by atoms with Gasteiger partial charge in [-0.25, -0.2) is 4.79 Å². The lowest BCUT2D eigenvalue weighted by atomic mass is 10.2. The van der Waals surface area contributed by atoms with Crippen LogP contribution in [-0.4, -0.2) is 0 Å². The largest absolute Gasteiger partial charge is 0.430 e. The molecule has 0 aliphatic rings. The van der Waals surface area contributed by atoms with Crippen LogP contribution in [0.15, 0.2) is 21.5 Å². The zero-order valence-corrected chi connectivity index (χ0v) is 6.95. The Morgan fingerprint density at radius 3 is 2.54 bits per heavy atom. The average molecular weight is 213 g/mol. The van der Waals surface area contributed by atoms with Gasteiger partial charge in [0.15, 0.2) is 0 Å². The third kappa shape index (κ3) is 2.24. The summed E-state index contributed by atoms with van der Waals surface area (Å²) in [5, 5.41) is 0. The Bertz CT molecular complexity index is 355.